The summed E-state index contributed by atoms with van der Waals surface area (Å²) in [5, 5.41) is 3.10. The van der Waals surface area contributed by atoms with Crippen LogP contribution in [0.3, 0.4) is 0 Å². The number of anilines is 1. The zero-order valence-corrected chi connectivity index (χ0v) is 12.2. The average molecular weight is 271 g/mol. The van der Waals surface area contributed by atoms with E-state index in [0.29, 0.717) is 19.0 Å². The quantitative estimate of drug-likeness (QED) is 0.798. The molecule has 1 rings (SSSR count). The zero-order chi connectivity index (χ0) is 14.0. The molecule has 0 bridgehead atoms. The van der Waals surface area contributed by atoms with Crippen LogP contribution in [0.2, 0.25) is 0 Å². The zero-order valence-electron chi connectivity index (χ0n) is 11.4. The maximum Gasteiger partial charge on any atom is 0.203 e. The van der Waals surface area contributed by atoms with E-state index < -0.39 is 14.6 Å². The van der Waals surface area contributed by atoms with Crippen LogP contribution in [-0.4, -0.2) is 35.5 Å². The van der Waals surface area contributed by atoms with E-state index in [1.165, 1.54) is 6.26 Å². The normalized spacial score (nSPS) is 12.4. The topological polar surface area (TPSA) is 64.0 Å². The van der Waals surface area contributed by atoms with E-state index in [4.69, 9.17) is 0 Å². The Balaban J connectivity index is 3.00. The molecule has 0 saturated heterocycles. The van der Waals surface area contributed by atoms with Gasteiger partial charge >= 0.3 is 0 Å². The highest BCUT2D eigenvalue weighted by atomic mass is 32.2. The summed E-state index contributed by atoms with van der Waals surface area (Å²) >= 11 is 0. The van der Waals surface area contributed by atoms with Gasteiger partial charge in [0.2, 0.25) is 5.95 Å². The number of hydrogen-bond acceptors (Lipinski definition) is 4. The van der Waals surface area contributed by atoms with Crippen LogP contribution in [-0.2, 0) is 16.4 Å². The van der Waals surface area contributed by atoms with Crippen molar-refractivity contribution in [2.45, 2.75) is 32.1 Å². The number of nitrogens with one attached hydrogen (secondary N) is 1. The molecule has 0 aliphatic rings. The lowest BCUT2D eigenvalue weighted by Crippen LogP contribution is -2.36. The molecule has 18 heavy (non-hydrogen) atoms. The number of hydrogen-bond donors (Lipinski definition) is 1. The molecule has 1 N–H and O–H groups in total. The third-order valence-corrected chi connectivity index (χ3v) is 4.99. The third kappa shape index (κ3) is 3.35. The molecule has 0 unspecified atom stereocenters. The van der Waals surface area contributed by atoms with Crippen LogP contribution < -0.4 is 5.32 Å². The highest BCUT2D eigenvalue weighted by Gasteiger charge is 2.31. The summed E-state index contributed by atoms with van der Waals surface area (Å²) in [6, 6.07) is 0. The third-order valence-electron chi connectivity index (χ3n) is 2.86. The van der Waals surface area contributed by atoms with Gasteiger partial charge in [-0.05, 0) is 20.8 Å². The Morgan fingerprint density at radius 2 is 2.17 bits per heavy atom. The van der Waals surface area contributed by atoms with E-state index in [2.05, 4.69) is 16.9 Å². The second kappa shape index (κ2) is 5.14. The highest BCUT2D eigenvalue weighted by Crippen LogP contribution is 2.20. The molecular weight excluding hydrogens is 250 g/mol. The van der Waals surface area contributed by atoms with E-state index in [0.717, 1.165) is 5.69 Å². The first kappa shape index (κ1) is 14.8. The van der Waals surface area contributed by atoms with Crippen LogP contribution in [0, 0.1) is 6.92 Å². The van der Waals surface area contributed by atoms with Crippen molar-refractivity contribution < 1.29 is 8.42 Å². The van der Waals surface area contributed by atoms with E-state index >= 15 is 0 Å². The van der Waals surface area contributed by atoms with Gasteiger partial charge in [0.1, 0.15) is 0 Å². The van der Waals surface area contributed by atoms with Gasteiger partial charge in [0.05, 0.1) is 10.4 Å². The van der Waals surface area contributed by atoms with Gasteiger partial charge in [-0.3, -0.25) is 0 Å². The van der Waals surface area contributed by atoms with Crippen LogP contribution in [0.1, 0.15) is 19.5 Å². The molecule has 0 radical (unpaired) electrons. The van der Waals surface area contributed by atoms with Gasteiger partial charge in [0, 0.05) is 25.5 Å². The fourth-order valence-electron chi connectivity index (χ4n) is 1.50. The Morgan fingerprint density at radius 1 is 1.56 bits per heavy atom. The summed E-state index contributed by atoms with van der Waals surface area (Å²) in [4.78, 5) is 4.32. The summed E-state index contributed by atoms with van der Waals surface area (Å²) in [6.45, 7) is 9.90. The van der Waals surface area contributed by atoms with Gasteiger partial charge in [-0.15, -0.1) is 6.58 Å². The minimum Gasteiger partial charge on any atom is -0.352 e. The molecule has 5 nitrogen and oxygen atoms in total. The SMILES string of the molecule is C=CCNc1nc(C)cn1CC(C)(C)S(C)(=O)=O. The number of rotatable bonds is 6. The van der Waals surface area contributed by atoms with Gasteiger partial charge in [-0.25, -0.2) is 13.4 Å². The molecule has 0 aliphatic heterocycles. The standard InChI is InChI=1S/C12H21N3O2S/c1-6-7-13-11-14-10(2)8-15(11)9-12(3,4)18(5,16)17/h6,8H,1,7,9H2,2-5H3,(H,13,14). The number of nitrogens with zero attached hydrogens (tertiary/aromatic N) is 2. The van der Waals surface area contributed by atoms with Crippen molar-refractivity contribution >= 4 is 15.8 Å². The minimum atomic E-state index is -3.13. The Hall–Kier alpha value is -1.30. The second-order valence-corrected chi connectivity index (χ2v) is 7.68. The van der Waals surface area contributed by atoms with Crippen molar-refractivity contribution in [3.05, 3.63) is 24.5 Å². The Kier molecular flexibility index (Phi) is 4.21. The van der Waals surface area contributed by atoms with Gasteiger partial charge in [-0.2, -0.15) is 0 Å². The Labute approximate surface area is 109 Å². The molecule has 0 aromatic carbocycles. The molecular formula is C12H21N3O2S. The first-order valence-electron chi connectivity index (χ1n) is 5.75. The van der Waals surface area contributed by atoms with Crippen LogP contribution in [0.4, 0.5) is 5.95 Å². The number of aromatic nitrogens is 2. The summed E-state index contributed by atoms with van der Waals surface area (Å²) in [6.07, 6.45) is 4.84. The monoisotopic (exact) mass is 271 g/mol. The summed E-state index contributed by atoms with van der Waals surface area (Å²) in [5.74, 6) is 0.670. The van der Waals surface area contributed by atoms with Crippen molar-refractivity contribution in [2.24, 2.45) is 0 Å². The fraction of sp³-hybridized carbons (Fsp3) is 0.583. The molecule has 0 amide bonds. The molecule has 1 aromatic rings. The van der Waals surface area contributed by atoms with Crippen LogP contribution >= 0.6 is 0 Å². The molecule has 0 saturated carbocycles. The summed E-state index contributed by atoms with van der Waals surface area (Å²) < 4.78 is 24.4. The van der Waals surface area contributed by atoms with Crippen LogP contribution in [0.25, 0.3) is 0 Å². The first-order chi connectivity index (χ1) is 8.17. The van der Waals surface area contributed by atoms with Crippen molar-refractivity contribution in [1.82, 2.24) is 9.55 Å². The van der Waals surface area contributed by atoms with Crippen molar-refractivity contribution in [2.75, 3.05) is 18.1 Å². The Morgan fingerprint density at radius 3 is 2.67 bits per heavy atom. The maximum absolute atomic E-state index is 11.7. The lowest BCUT2D eigenvalue weighted by molar-refractivity contribution is 0.505. The van der Waals surface area contributed by atoms with E-state index in [1.807, 2.05) is 17.7 Å². The fourth-order valence-corrected chi connectivity index (χ4v) is 1.87. The van der Waals surface area contributed by atoms with E-state index in [1.54, 1.807) is 19.9 Å². The van der Waals surface area contributed by atoms with Gasteiger partial charge in [0.25, 0.3) is 0 Å². The molecule has 1 aromatic heterocycles. The summed E-state index contributed by atoms with van der Waals surface area (Å²) in [7, 11) is -3.13. The van der Waals surface area contributed by atoms with Crippen LogP contribution in [0.5, 0.6) is 0 Å². The molecule has 0 atom stereocenters. The maximum atomic E-state index is 11.7. The molecule has 1 heterocycles. The Bertz CT molecular complexity index is 530. The van der Waals surface area contributed by atoms with E-state index in [9.17, 15) is 8.42 Å². The molecule has 102 valence electrons. The first-order valence-corrected chi connectivity index (χ1v) is 7.64. The second-order valence-electron chi connectivity index (χ2n) is 5.04. The van der Waals surface area contributed by atoms with Gasteiger partial charge in [0.15, 0.2) is 9.84 Å². The average Bonchev–Trinajstić information content (AvgIpc) is 2.53. The predicted molar refractivity (Wildman–Crippen MR) is 74.6 cm³/mol. The van der Waals surface area contributed by atoms with Gasteiger partial charge in [-0.1, -0.05) is 6.08 Å². The number of aryl methyl sites for hydroxylation is 1. The lowest BCUT2D eigenvalue weighted by Gasteiger charge is -2.23. The molecule has 0 aliphatic carbocycles. The largest absolute Gasteiger partial charge is 0.352 e. The van der Waals surface area contributed by atoms with Crippen LogP contribution in [0.15, 0.2) is 18.9 Å². The highest BCUT2D eigenvalue weighted by molar-refractivity contribution is 7.92. The van der Waals surface area contributed by atoms with Gasteiger partial charge < -0.3 is 9.88 Å². The smallest absolute Gasteiger partial charge is 0.203 e. The molecule has 6 heteroatoms. The van der Waals surface area contributed by atoms with Crippen molar-refractivity contribution in [3.63, 3.8) is 0 Å². The molecule has 0 spiro atoms. The van der Waals surface area contributed by atoms with E-state index in [-0.39, 0.29) is 0 Å². The van der Waals surface area contributed by atoms with Crippen molar-refractivity contribution in [3.8, 4) is 0 Å². The predicted octanol–water partition coefficient (Wildman–Crippen LogP) is 1.61. The van der Waals surface area contributed by atoms with Crippen molar-refractivity contribution in [1.29, 1.82) is 0 Å². The number of sulfone groups is 1. The number of imidazole rings is 1. The minimum absolute atomic E-state index is 0.367. The summed E-state index contributed by atoms with van der Waals surface area (Å²) in [5.41, 5.74) is 0.853. The molecule has 0 fully saturated rings. The lowest BCUT2D eigenvalue weighted by atomic mass is 10.2.